The van der Waals surface area contributed by atoms with Crippen molar-refractivity contribution in [3.05, 3.63) is 120 Å². The van der Waals surface area contributed by atoms with Gasteiger partial charge in [0, 0.05) is 93.7 Å². The van der Waals surface area contributed by atoms with Crippen LogP contribution in [0.5, 0.6) is 11.5 Å². The third kappa shape index (κ3) is 9.04. The molecule has 6 rings (SSSR count). The zero-order chi connectivity index (χ0) is 35.8. The minimum absolute atomic E-state index is 0. The second-order valence-electron chi connectivity index (χ2n) is 10.8. The number of thiocarbonyl (C=S) groups is 2. The normalized spacial score (nSPS) is 11.5. The van der Waals surface area contributed by atoms with Gasteiger partial charge < -0.3 is 20.8 Å². The van der Waals surface area contributed by atoms with Gasteiger partial charge in [-0.05, 0) is 59.7 Å². The van der Waals surface area contributed by atoms with Gasteiger partial charge in [-0.15, -0.1) is 0 Å². The largest absolute Gasteiger partial charge is 0.505 e. The van der Waals surface area contributed by atoms with Crippen molar-refractivity contribution in [3.63, 3.8) is 0 Å². The minimum Gasteiger partial charge on any atom is -0.505 e. The van der Waals surface area contributed by atoms with E-state index in [-0.39, 0.29) is 114 Å². The monoisotopic (exact) mass is 790 g/mol. The Morgan fingerprint density at radius 1 is 0.596 bits per heavy atom. The molecular formula is C34H24N4Na2O8S4. The number of hydrogen-bond donors (Lipinski definition) is 6. The van der Waals surface area contributed by atoms with Gasteiger partial charge in [-0.3, -0.25) is 19.1 Å². The predicted octanol–water partition coefficient (Wildman–Crippen LogP) is 5.67. The predicted molar refractivity (Wildman–Crippen MR) is 210 cm³/mol. The van der Waals surface area contributed by atoms with Crippen LogP contribution in [0.1, 0.15) is 22.3 Å². The molecule has 6 aromatic rings. The van der Waals surface area contributed by atoms with Crippen molar-refractivity contribution < 1.29 is 36.2 Å². The van der Waals surface area contributed by atoms with Crippen LogP contribution >= 0.6 is 24.4 Å². The van der Waals surface area contributed by atoms with Gasteiger partial charge in [-0.1, -0.05) is 73.0 Å². The molecule has 0 aliphatic carbocycles. The smallest absolute Gasteiger partial charge is 0.295 e. The SMILES string of the molecule is O=S(=O)(O)c1cc(NC(=S)c2ccc3cccnc3c2O)ccc1C=Cc1ccc(NC(=S)c2ccc3cccnc3c2O)cc1S(=O)(=O)O.[Na].[Na]. The zero-order valence-electron chi connectivity index (χ0n) is 27.3. The van der Waals surface area contributed by atoms with Crippen LogP contribution in [-0.4, -0.2) is 115 Å². The summed E-state index contributed by atoms with van der Waals surface area (Å²) in [5.41, 5.74) is 1.42. The van der Waals surface area contributed by atoms with Crippen molar-refractivity contribution >= 4 is 159 Å². The number of benzene rings is 4. The molecule has 0 bridgehead atoms. The van der Waals surface area contributed by atoms with Crippen molar-refractivity contribution in [2.45, 2.75) is 9.79 Å². The molecule has 0 aliphatic rings. The van der Waals surface area contributed by atoms with E-state index < -0.39 is 30.0 Å². The van der Waals surface area contributed by atoms with E-state index in [1.807, 2.05) is 0 Å². The van der Waals surface area contributed by atoms with E-state index in [0.717, 1.165) is 12.1 Å². The second kappa shape index (κ2) is 16.8. The van der Waals surface area contributed by atoms with Crippen molar-refractivity contribution in [2.75, 3.05) is 10.6 Å². The van der Waals surface area contributed by atoms with Crippen LogP contribution in [-0.2, 0) is 20.2 Å². The summed E-state index contributed by atoms with van der Waals surface area (Å²) in [5, 5.41) is 28.5. The third-order valence-corrected chi connectivity index (χ3v) is 9.99. The minimum atomic E-state index is -4.81. The van der Waals surface area contributed by atoms with Crippen LogP contribution in [0.4, 0.5) is 11.4 Å². The Morgan fingerprint density at radius 3 is 1.35 bits per heavy atom. The van der Waals surface area contributed by atoms with E-state index in [1.165, 1.54) is 48.8 Å². The van der Waals surface area contributed by atoms with Crippen LogP contribution in [0.2, 0.25) is 0 Å². The number of phenols is 2. The molecular weight excluding hydrogens is 767 g/mol. The molecule has 0 spiro atoms. The summed E-state index contributed by atoms with van der Waals surface area (Å²) < 4.78 is 69.6. The van der Waals surface area contributed by atoms with Gasteiger partial charge in [0.25, 0.3) is 20.2 Å². The standard InChI is InChI=1S/C34H24N4O8S4.2Na/c39-31-25(13-9-21-3-1-15-35-29(21)31)33(47)37-23-11-7-19(27(17-23)49(41,42)43)5-6-20-8-12-24(18-28(20)50(44,45)46)38-34(48)26-14-10-22-4-2-16-36-30(22)32(26)40;;/h1-18,39-40H,(H,37,47)(H,38,48)(H,41,42,43)(H,44,45,46);;. The maximum Gasteiger partial charge on any atom is 0.295 e. The Balaban J connectivity index is 0.00000302. The number of nitrogens with zero attached hydrogens (tertiary/aromatic N) is 2. The van der Waals surface area contributed by atoms with Crippen molar-refractivity contribution in [1.29, 1.82) is 0 Å². The summed E-state index contributed by atoms with van der Waals surface area (Å²) in [6, 6.07) is 21.4. The molecule has 52 heavy (non-hydrogen) atoms. The molecule has 4 aromatic carbocycles. The summed E-state index contributed by atoms with van der Waals surface area (Å²) in [6.45, 7) is 0. The molecule has 18 heteroatoms. The Bertz CT molecular complexity index is 2460. The Kier molecular flexibility index (Phi) is 13.3. The van der Waals surface area contributed by atoms with Crippen molar-refractivity contribution in [1.82, 2.24) is 9.97 Å². The molecule has 2 aromatic heterocycles. The molecule has 0 saturated carbocycles. The number of phenolic OH excluding ortho intramolecular Hbond substituents is 2. The Morgan fingerprint density at radius 2 is 0.981 bits per heavy atom. The van der Waals surface area contributed by atoms with Gasteiger partial charge in [0.1, 0.15) is 30.8 Å². The fourth-order valence-electron chi connectivity index (χ4n) is 5.15. The number of aromatic nitrogens is 2. The van der Waals surface area contributed by atoms with E-state index in [4.69, 9.17) is 24.4 Å². The van der Waals surface area contributed by atoms with Gasteiger partial charge in [0.15, 0.2) is 11.5 Å². The molecule has 0 atom stereocenters. The summed E-state index contributed by atoms with van der Waals surface area (Å²) in [7, 11) is -9.62. The van der Waals surface area contributed by atoms with Gasteiger partial charge in [0.05, 0.1) is 11.1 Å². The average Bonchev–Trinajstić information content (AvgIpc) is 3.07. The number of hydrogen-bond acceptors (Lipinski definition) is 10. The second-order valence-corrected chi connectivity index (χ2v) is 14.4. The first-order valence-corrected chi connectivity index (χ1v) is 18.1. The molecule has 0 fully saturated rings. The third-order valence-electron chi connectivity index (χ3n) is 7.53. The van der Waals surface area contributed by atoms with Crippen LogP contribution in [0, 0.1) is 0 Å². The molecule has 12 nitrogen and oxygen atoms in total. The summed E-state index contributed by atoms with van der Waals surface area (Å²) in [5.74, 6) is -0.339. The maximum atomic E-state index is 12.4. The Labute approximate surface area is 353 Å². The van der Waals surface area contributed by atoms with E-state index in [2.05, 4.69) is 20.6 Å². The average molecular weight is 791 g/mol. The molecule has 254 valence electrons. The number of rotatable bonds is 8. The van der Waals surface area contributed by atoms with Crippen molar-refractivity contribution in [2.24, 2.45) is 0 Å². The number of nitrogens with one attached hydrogen (secondary N) is 2. The number of pyridine rings is 2. The Hall–Kier alpha value is -3.36. The molecule has 2 radical (unpaired) electrons. The number of anilines is 2. The van der Waals surface area contributed by atoms with Gasteiger partial charge in [-0.25, -0.2) is 0 Å². The topological polar surface area (TPSA) is 199 Å². The first-order valence-electron chi connectivity index (χ1n) is 14.4. The zero-order valence-corrected chi connectivity index (χ0v) is 34.6. The number of aromatic hydroxyl groups is 2. The van der Waals surface area contributed by atoms with E-state index in [9.17, 15) is 36.2 Å². The van der Waals surface area contributed by atoms with Crippen LogP contribution in [0.15, 0.2) is 107 Å². The van der Waals surface area contributed by atoms with Gasteiger partial charge in [-0.2, -0.15) is 16.8 Å². The van der Waals surface area contributed by atoms with Crippen LogP contribution in [0.25, 0.3) is 34.0 Å². The van der Waals surface area contributed by atoms with Crippen LogP contribution in [0.3, 0.4) is 0 Å². The van der Waals surface area contributed by atoms with E-state index in [1.54, 1.807) is 48.5 Å². The molecule has 0 unspecified atom stereocenters. The van der Waals surface area contributed by atoms with Gasteiger partial charge in [0.2, 0.25) is 0 Å². The molecule has 0 aliphatic heterocycles. The maximum absolute atomic E-state index is 12.4. The molecule has 0 amide bonds. The quantitative estimate of drug-likeness (QED) is 0.0477. The number of fused-ring (bicyclic) bond motifs is 2. The first kappa shape index (κ1) is 41.4. The summed E-state index contributed by atoms with van der Waals surface area (Å²) in [4.78, 5) is 7.37. The molecule has 2 heterocycles. The van der Waals surface area contributed by atoms with Crippen molar-refractivity contribution in [3.8, 4) is 11.5 Å². The molecule has 6 N–H and O–H groups in total. The first-order chi connectivity index (χ1) is 23.7. The molecule has 0 saturated heterocycles. The van der Waals surface area contributed by atoms with Crippen LogP contribution < -0.4 is 10.6 Å². The van der Waals surface area contributed by atoms with Gasteiger partial charge >= 0.3 is 0 Å². The van der Waals surface area contributed by atoms with E-state index in [0.29, 0.717) is 21.8 Å². The summed E-state index contributed by atoms with van der Waals surface area (Å²) in [6.07, 6.45) is 5.52. The van der Waals surface area contributed by atoms with E-state index >= 15 is 0 Å². The fraction of sp³-hybridized carbons (Fsp3) is 0. The fourth-order valence-corrected chi connectivity index (χ4v) is 7.13. The summed E-state index contributed by atoms with van der Waals surface area (Å²) >= 11 is 10.9.